The number of hydrogen-bond acceptors (Lipinski definition) is 4. The summed E-state index contributed by atoms with van der Waals surface area (Å²) in [5.41, 5.74) is 8.25. The lowest BCUT2D eigenvalue weighted by Crippen LogP contribution is -2.31. The van der Waals surface area contributed by atoms with Gasteiger partial charge in [-0.3, -0.25) is 4.98 Å². The van der Waals surface area contributed by atoms with Crippen LogP contribution in [0.4, 0.5) is 10.5 Å². The SMILES string of the molecule is CCN(CCc1cccc2c1CN(Nc1ccncc1)C2)C(=O)O.Cl. The van der Waals surface area contributed by atoms with E-state index < -0.39 is 6.09 Å². The fraction of sp³-hybridized carbons (Fsp3) is 0.333. The number of amides is 1. The summed E-state index contributed by atoms with van der Waals surface area (Å²) in [6, 6.07) is 10.2. The second-order valence-electron chi connectivity index (χ2n) is 5.87. The number of hydrazine groups is 1. The molecule has 0 bridgehead atoms. The lowest BCUT2D eigenvalue weighted by Gasteiger charge is -2.19. The Morgan fingerprint density at radius 1 is 1.28 bits per heavy atom. The first-order chi connectivity index (χ1) is 11.7. The van der Waals surface area contributed by atoms with Crippen LogP contribution in [0.5, 0.6) is 0 Å². The van der Waals surface area contributed by atoms with Crippen molar-refractivity contribution in [2.24, 2.45) is 0 Å². The summed E-state index contributed by atoms with van der Waals surface area (Å²) >= 11 is 0. The molecule has 2 aromatic rings. The number of hydrogen-bond donors (Lipinski definition) is 2. The maximum atomic E-state index is 11.1. The Morgan fingerprint density at radius 2 is 2.04 bits per heavy atom. The minimum atomic E-state index is -0.856. The normalized spacial score (nSPS) is 13.0. The molecule has 0 spiro atoms. The zero-order valence-corrected chi connectivity index (χ0v) is 15.0. The van der Waals surface area contributed by atoms with Crippen LogP contribution in [0, 0.1) is 0 Å². The summed E-state index contributed by atoms with van der Waals surface area (Å²) in [6.45, 7) is 4.55. The highest BCUT2D eigenvalue weighted by Crippen LogP contribution is 2.26. The molecule has 1 aliphatic heterocycles. The van der Waals surface area contributed by atoms with E-state index in [2.05, 4.69) is 33.6 Å². The standard InChI is InChI=1S/C18H22N4O2.ClH/c1-2-21(18(23)24)11-8-14-4-3-5-15-12-22(13-17(14)15)20-16-6-9-19-10-7-16;/h3-7,9-10H,2,8,11-13H2,1H3,(H,19,20)(H,23,24);1H. The van der Waals surface area contributed by atoms with Crippen LogP contribution in [-0.2, 0) is 19.5 Å². The number of carboxylic acid groups (broad SMARTS) is 1. The first kappa shape index (κ1) is 19.0. The highest BCUT2D eigenvalue weighted by Gasteiger charge is 2.22. The number of anilines is 1. The average molecular weight is 363 g/mol. The van der Waals surface area contributed by atoms with Crippen molar-refractivity contribution in [2.45, 2.75) is 26.4 Å². The van der Waals surface area contributed by atoms with Crippen molar-refractivity contribution in [1.29, 1.82) is 0 Å². The zero-order valence-electron chi connectivity index (χ0n) is 14.2. The first-order valence-electron chi connectivity index (χ1n) is 8.16. The third-order valence-corrected chi connectivity index (χ3v) is 4.35. The Hall–Kier alpha value is -2.31. The van der Waals surface area contributed by atoms with Gasteiger partial charge in [-0.15, -0.1) is 12.4 Å². The summed E-state index contributed by atoms with van der Waals surface area (Å²) in [5.74, 6) is 0. The molecule has 0 fully saturated rings. The number of aromatic nitrogens is 1. The van der Waals surface area contributed by atoms with E-state index >= 15 is 0 Å². The molecule has 0 saturated carbocycles. The Morgan fingerprint density at radius 3 is 2.72 bits per heavy atom. The van der Waals surface area contributed by atoms with Crippen molar-refractivity contribution in [3.05, 3.63) is 59.4 Å². The minimum Gasteiger partial charge on any atom is -0.465 e. The second-order valence-corrected chi connectivity index (χ2v) is 5.87. The van der Waals surface area contributed by atoms with Crippen LogP contribution in [0.25, 0.3) is 0 Å². The molecule has 2 heterocycles. The van der Waals surface area contributed by atoms with Crippen LogP contribution < -0.4 is 5.43 Å². The van der Waals surface area contributed by atoms with Crippen molar-refractivity contribution in [3.63, 3.8) is 0 Å². The molecule has 0 atom stereocenters. The predicted molar refractivity (Wildman–Crippen MR) is 99.8 cm³/mol. The van der Waals surface area contributed by atoms with Crippen LogP contribution in [0.1, 0.15) is 23.6 Å². The molecule has 0 saturated heterocycles. The largest absolute Gasteiger partial charge is 0.465 e. The average Bonchev–Trinajstić information content (AvgIpc) is 2.99. The van der Waals surface area contributed by atoms with Gasteiger partial charge >= 0.3 is 6.09 Å². The smallest absolute Gasteiger partial charge is 0.407 e. The van der Waals surface area contributed by atoms with Gasteiger partial charge < -0.3 is 15.4 Å². The number of nitrogens with zero attached hydrogens (tertiary/aromatic N) is 3. The van der Waals surface area contributed by atoms with Crippen LogP contribution in [-0.4, -0.2) is 39.2 Å². The van der Waals surface area contributed by atoms with Crippen molar-refractivity contribution in [3.8, 4) is 0 Å². The second kappa shape index (κ2) is 8.69. The van der Waals surface area contributed by atoms with Gasteiger partial charge in [0.05, 0.1) is 5.69 Å². The molecule has 6 nitrogen and oxygen atoms in total. The fourth-order valence-electron chi connectivity index (χ4n) is 3.06. The van der Waals surface area contributed by atoms with Gasteiger partial charge in [0.15, 0.2) is 0 Å². The minimum absolute atomic E-state index is 0. The molecule has 1 aromatic heterocycles. The Balaban J connectivity index is 0.00000225. The van der Waals surface area contributed by atoms with Crippen molar-refractivity contribution in [2.75, 3.05) is 18.5 Å². The van der Waals surface area contributed by atoms with Gasteiger partial charge in [0, 0.05) is 38.6 Å². The highest BCUT2D eigenvalue weighted by atomic mass is 35.5. The van der Waals surface area contributed by atoms with Crippen LogP contribution in [0.15, 0.2) is 42.7 Å². The molecule has 0 unspecified atom stereocenters. The molecular weight excluding hydrogens is 340 g/mol. The Labute approximate surface area is 153 Å². The van der Waals surface area contributed by atoms with E-state index in [0.717, 1.165) is 25.2 Å². The Bertz CT molecular complexity index is 711. The van der Waals surface area contributed by atoms with Crippen LogP contribution in [0.3, 0.4) is 0 Å². The molecule has 2 N–H and O–H groups in total. The number of pyridine rings is 1. The van der Waals surface area contributed by atoms with Crippen LogP contribution >= 0.6 is 12.4 Å². The number of nitrogens with one attached hydrogen (secondary N) is 1. The number of carbonyl (C=O) groups is 1. The summed E-state index contributed by atoms with van der Waals surface area (Å²) in [7, 11) is 0. The molecular formula is C18H23ClN4O2. The molecule has 0 aliphatic carbocycles. The molecule has 1 aromatic carbocycles. The van der Waals surface area contributed by atoms with Gasteiger partial charge in [-0.1, -0.05) is 18.2 Å². The van der Waals surface area contributed by atoms with E-state index in [-0.39, 0.29) is 12.4 Å². The predicted octanol–water partition coefficient (Wildman–Crippen LogP) is 3.39. The number of rotatable bonds is 6. The van der Waals surface area contributed by atoms with E-state index in [1.165, 1.54) is 21.6 Å². The van der Waals surface area contributed by atoms with Gasteiger partial charge in [0.1, 0.15) is 0 Å². The number of likely N-dealkylation sites (N-methyl/N-ethyl adjacent to an activating group) is 1. The van der Waals surface area contributed by atoms with E-state index in [1.807, 2.05) is 19.1 Å². The van der Waals surface area contributed by atoms with E-state index in [1.54, 1.807) is 12.4 Å². The number of benzene rings is 1. The molecule has 1 amide bonds. The lowest BCUT2D eigenvalue weighted by atomic mass is 10.0. The fourth-order valence-corrected chi connectivity index (χ4v) is 3.06. The molecule has 1 aliphatic rings. The number of halogens is 1. The van der Waals surface area contributed by atoms with E-state index in [0.29, 0.717) is 13.1 Å². The summed E-state index contributed by atoms with van der Waals surface area (Å²) in [4.78, 5) is 16.6. The highest BCUT2D eigenvalue weighted by molar-refractivity contribution is 5.85. The monoisotopic (exact) mass is 362 g/mol. The zero-order chi connectivity index (χ0) is 16.9. The van der Waals surface area contributed by atoms with Gasteiger partial charge in [-0.05, 0) is 42.2 Å². The maximum absolute atomic E-state index is 11.1. The molecule has 3 rings (SSSR count). The van der Waals surface area contributed by atoms with Crippen LogP contribution in [0.2, 0.25) is 0 Å². The summed E-state index contributed by atoms with van der Waals surface area (Å²) in [5, 5.41) is 11.3. The van der Waals surface area contributed by atoms with Crippen molar-refractivity contribution < 1.29 is 9.90 Å². The molecule has 25 heavy (non-hydrogen) atoms. The van der Waals surface area contributed by atoms with Gasteiger partial charge in [-0.25, -0.2) is 9.80 Å². The number of fused-ring (bicyclic) bond motifs is 1. The van der Waals surface area contributed by atoms with E-state index in [9.17, 15) is 4.79 Å². The van der Waals surface area contributed by atoms with Gasteiger partial charge in [-0.2, -0.15) is 0 Å². The van der Waals surface area contributed by atoms with Crippen molar-refractivity contribution >= 4 is 24.2 Å². The first-order valence-corrected chi connectivity index (χ1v) is 8.16. The third kappa shape index (κ3) is 4.61. The summed E-state index contributed by atoms with van der Waals surface area (Å²) in [6.07, 6.45) is 3.42. The lowest BCUT2D eigenvalue weighted by molar-refractivity contribution is 0.148. The molecule has 134 valence electrons. The van der Waals surface area contributed by atoms with Gasteiger partial charge in [0.25, 0.3) is 0 Å². The Kier molecular flexibility index (Phi) is 6.61. The van der Waals surface area contributed by atoms with E-state index in [4.69, 9.17) is 5.11 Å². The third-order valence-electron chi connectivity index (χ3n) is 4.35. The summed E-state index contributed by atoms with van der Waals surface area (Å²) < 4.78 is 0. The quantitative estimate of drug-likeness (QED) is 0.824. The molecule has 7 heteroatoms. The molecule has 0 radical (unpaired) electrons. The maximum Gasteiger partial charge on any atom is 0.407 e. The van der Waals surface area contributed by atoms with Gasteiger partial charge in [0.2, 0.25) is 0 Å². The van der Waals surface area contributed by atoms with Crippen molar-refractivity contribution in [1.82, 2.24) is 14.9 Å². The topological polar surface area (TPSA) is 68.7 Å².